The number of hydrazone groups is 1. The molecule has 0 bridgehead atoms. The molecule has 5 nitrogen and oxygen atoms in total. The largest absolute Gasteiger partial charge is 0.504 e. The Morgan fingerprint density at radius 2 is 2.13 bits per heavy atom. The maximum Gasteiger partial charge on any atom is 0.271 e. The monoisotopic (exact) mass is 444 g/mol. The van der Waals surface area contributed by atoms with Gasteiger partial charge in [0.2, 0.25) is 0 Å². The van der Waals surface area contributed by atoms with Crippen molar-refractivity contribution in [1.29, 1.82) is 0 Å². The minimum Gasteiger partial charge on any atom is -0.504 e. The van der Waals surface area contributed by atoms with Crippen LogP contribution in [0.2, 0.25) is 0 Å². The molecule has 0 saturated heterocycles. The van der Waals surface area contributed by atoms with E-state index in [4.69, 9.17) is 4.74 Å². The van der Waals surface area contributed by atoms with Gasteiger partial charge in [-0.05, 0) is 56.1 Å². The molecule has 0 radical (unpaired) electrons. The van der Waals surface area contributed by atoms with Crippen LogP contribution in [-0.4, -0.2) is 24.3 Å². The van der Waals surface area contributed by atoms with E-state index in [0.29, 0.717) is 14.5 Å². The molecule has 0 heterocycles. The van der Waals surface area contributed by atoms with Gasteiger partial charge in [0, 0.05) is 14.5 Å². The Morgan fingerprint density at radius 3 is 2.78 bits per heavy atom. The minimum absolute atomic E-state index is 0.133. The van der Waals surface area contributed by atoms with Crippen molar-refractivity contribution >= 4 is 44.0 Å². The number of nitrogens with zero attached hydrogens (tertiary/aromatic N) is 1. The molecule has 2 rings (SSSR count). The van der Waals surface area contributed by atoms with Crippen LogP contribution < -0.4 is 10.2 Å². The number of ether oxygens (including phenoxy) is 1. The number of carbonyl (C=O) groups is 1. The summed E-state index contributed by atoms with van der Waals surface area (Å²) in [5.41, 5.74) is 2.71. The van der Waals surface area contributed by atoms with E-state index in [0.717, 1.165) is 6.07 Å². The number of carbonyl (C=O) groups excluding carboxylic acids is 1. The van der Waals surface area contributed by atoms with Gasteiger partial charge in [-0.2, -0.15) is 5.10 Å². The van der Waals surface area contributed by atoms with Gasteiger partial charge in [0.25, 0.3) is 5.91 Å². The molecule has 0 aliphatic rings. The molecule has 8 heteroatoms. The molecule has 120 valence electrons. The van der Waals surface area contributed by atoms with Gasteiger partial charge in [-0.25, -0.2) is 9.82 Å². The number of halogens is 3. The normalized spacial score (nSPS) is 10.8. The van der Waals surface area contributed by atoms with E-state index in [1.807, 2.05) is 0 Å². The molecule has 0 aliphatic heterocycles. The van der Waals surface area contributed by atoms with E-state index >= 15 is 0 Å². The summed E-state index contributed by atoms with van der Waals surface area (Å²) in [6, 6.07) is 6.81. The summed E-state index contributed by atoms with van der Waals surface area (Å²) in [6.07, 6.45) is 1.25. The molecular formula is C15H11Br2FN2O3. The number of phenolic OH excluding ortho intramolecular Hbond substituents is 1. The molecule has 23 heavy (non-hydrogen) atoms. The van der Waals surface area contributed by atoms with E-state index in [1.165, 1.54) is 31.5 Å². The fraction of sp³-hybridized carbons (Fsp3) is 0.0667. The van der Waals surface area contributed by atoms with Crippen LogP contribution in [0.3, 0.4) is 0 Å². The van der Waals surface area contributed by atoms with Gasteiger partial charge < -0.3 is 9.84 Å². The Bertz CT molecular complexity index is 782. The lowest BCUT2D eigenvalue weighted by Crippen LogP contribution is -2.17. The zero-order valence-corrected chi connectivity index (χ0v) is 15.0. The molecule has 2 aromatic carbocycles. The first kappa shape index (κ1) is 17.4. The van der Waals surface area contributed by atoms with Crippen molar-refractivity contribution in [3.05, 3.63) is 56.2 Å². The highest BCUT2D eigenvalue weighted by molar-refractivity contribution is 9.13. The number of aromatic hydroxyl groups is 1. The predicted octanol–water partition coefficient (Wildman–Crippen LogP) is 3.83. The highest BCUT2D eigenvalue weighted by Gasteiger charge is 2.14. The third-order valence-electron chi connectivity index (χ3n) is 2.86. The van der Waals surface area contributed by atoms with Crippen molar-refractivity contribution in [3.63, 3.8) is 0 Å². The second-order valence-corrected chi connectivity index (χ2v) is 5.99. The second kappa shape index (κ2) is 7.56. The van der Waals surface area contributed by atoms with Gasteiger partial charge >= 0.3 is 0 Å². The van der Waals surface area contributed by atoms with E-state index in [1.54, 1.807) is 6.07 Å². The van der Waals surface area contributed by atoms with Crippen LogP contribution in [0.15, 0.2) is 44.4 Å². The first-order valence-corrected chi connectivity index (χ1v) is 7.86. The van der Waals surface area contributed by atoms with E-state index in [2.05, 4.69) is 42.4 Å². The Kier molecular flexibility index (Phi) is 5.73. The van der Waals surface area contributed by atoms with Crippen LogP contribution in [0.4, 0.5) is 4.39 Å². The molecule has 2 aromatic rings. The van der Waals surface area contributed by atoms with Gasteiger partial charge in [0.1, 0.15) is 5.82 Å². The van der Waals surface area contributed by atoms with Gasteiger partial charge in [0.15, 0.2) is 11.5 Å². The minimum atomic E-state index is -0.571. The highest BCUT2D eigenvalue weighted by Crippen LogP contribution is 2.39. The van der Waals surface area contributed by atoms with Crippen LogP contribution in [0, 0.1) is 5.82 Å². The second-order valence-electron chi connectivity index (χ2n) is 4.35. The number of methoxy groups -OCH3 is 1. The summed E-state index contributed by atoms with van der Waals surface area (Å²) in [6.45, 7) is 0. The first-order valence-electron chi connectivity index (χ1n) is 6.28. The number of hydrogen-bond acceptors (Lipinski definition) is 4. The first-order chi connectivity index (χ1) is 10.9. The summed E-state index contributed by atoms with van der Waals surface area (Å²) in [7, 11) is 1.42. The molecule has 0 fully saturated rings. The van der Waals surface area contributed by atoms with Crippen molar-refractivity contribution in [3.8, 4) is 11.5 Å². The lowest BCUT2D eigenvalue weighted by molar-refractivity contribution is 0.0954. The third kappa shape index (κ3) is 4.08. The number of nitrogens with one attached hydrogen (secondary N) is 1. The SMILES string of the molecule is COc1cc(Br)c(Br)c(/C=N/NC(=O)c2cccc(F)c2)c1O. The zero-order valence-electron chi connectivity index (χ0n) is 11.8. The smallest absolute Gasteiger partial charge is 0.271 e. The molecule has 2 N–H and O–H groups in total. The van der Waals surface area contributed by atoms with E-state index in [9.17, 15) is 14.3 Å². The summed E-state index contributed by atoms with van der Waals surface area (Å²) in [5.74, 6) is -0.971. The van der Waals surface area contributed by atoms with Crippen molar-refractivity contribution in [2.75, 3.05) is 7.11 Å². The van der Waals surface area contributed by atoms with Crippen LogP contribution in [0.25, 0.3) is 0 Å². The summed E-state index contributed by atoms with van der Waals surface area (Å²) in [4.78, 5) is 11.8. The molecule has 0 spiro atoms. The molecule has 0 aliphatic carbocycles. The average Bonchev–Trinajstić information content (AvgIpc) is 2.54. The average molecular weight is 446 g/mol. The maximum absolute atomic E-state index is 13.1. The van der Waals surface area contributed by atoms with Crippen LogP contribution in [0.5, 0.6) is 11.5 Å². The summed E-state index contributed by atoms with van der Waals surface area (Å²) < 4.78 is 19.3. The molecule has 0 unspecified atom stereocenters. The van der Waals surface area contributed by atoms with Crippen LogP contribution >= 0.6 is 31.9 Å². The predicted molar refractivity (Wildman–Crippen MR) is 91.5 cm³/mol. The molecule has 0 aromatic heterocycles. The summed E-state index contributed by atoms with van der Waals surface area (Å²) in [5, 5.41) is 13.9. The quantitative estimate of drug-likeness (QED) is 0.555. The fourth-order valence-corrected chi connectivity index (χ4v) is 2.56. The Balaban J connectivity index is 2.21. The topological polar surface area (TPSA) is 70.9 Å². The summed E-state index contributed by atoms with van der Waals surface area (Å²) >= 11 is 6.61. The van der Waals surface area contributed by atoms with Gasteiger partial charge in [0.05, 0.1) is 18.9 Å². The van der Waals surface area contributed by atoms with Gasteiger partial charge in [-0.1, -0.05) is 6.07 Å². The number of rotatable bonds is 4. The lowest BCUT2D eigenvalue weighted by Gasteiger charge is -2.09. The van der Waals surface area contributed by atoms with Crippen LogP contribution in [-0.2, 0) is 0 Å². The number of hydrogen-bond donors (Lipinski definition) is 2. The maximum atomic E-state index is 13.1. The van der Waals surface area contributed by atoms with Crippen molar-refractivity contribution in [1.82, 2.24) is 5.43 Å². The molecule has 0 saturated carbocycles. The van der Waals surface area contributed by atoms with Gasteiger partial charge in [-0.3, -0.25) is 4.79 Å². The van der Waals surface area contributed by atoms with Gasteiger partial charge in [-0.15, -0.1) is 0 Å². The lowest BCUT2D eigenvalue weighted by atomic mass is 10.2. The Labute approximate surface area is 148 Å². The van der Waals surface area contributed by atoms with E-state index < -0.39 is 11.7 Å². The number of phenols is 1. The zero-order chi connectivity index (χ0) is 17.0. The standard InChI is InChI=1S/C15H11Br2FN2O3/c1-23-12-6-11(16)13(17)10(14(12)21)7-19-20-15(22)8-3-2-4-9(18)5-8/h2-7,21H,1H3,(H,20,22)/b19-7+. The van der Waals surface area contributed by atoms with Crippen LogP contribution in [0.1, 0.15) is 15.9 Å². The highest BCUT2D eigenvalue weighted by atomic mass is 79.9. The number of benzene rings is 2. The van der Waals surface area contributed by atoms with Crippen molar-refractivity contribution in [2.24, 2.45) is 5.10 Å². The van der Waals surface area contributed by atoms with Crippen molar-refractivity contribution in [2.45, 2.75) is 0 Å². The fourth-order valence-electron chi connectivity index (χ4n) is 1.74. The molecular weight excluding hydrogens is 435 g/mol. The van der Waals surface area contributed by atoms with E-state index in [-0.39, 0.29) is 17.1 Å². The van der Waals surface area contributed by atoms with Crippen molar-refractivity contribution < 1.29 is 19.0 Å². The number of amides is 1. The third-order valence-corrected chi connectivity index (χ3v) is 4.87. The molecule has 1 amide bonds. The Morgan fingerprint density at radius 1 is 1.39 bits per heavy atom. The molecule has 0 atom stereocenters. The Hall–Kier alpha value is -1.93.